The number of morpholine rings is 1. The molecule has 1 aliphatic rings. The maximum Gasteiger partial charge on any atom is 0.293 e. The molecular formula is C22H24F2N4O4. The standard InChI is InChI=1S/C22H24F2N4O4/c1-27-20-16(12-26-27)10-15(21(25)29)11-19(20)32-18-4-2-17(3-5-18)31-14-22(23,24)13-28-6-8-30-9-7-28/h2-5,10-12H,6-9,13-14H2,1H3,(H2,25,29). The molecule has 1 saturated heterocycles. The lowest BCUT2D eigenvalue weighted by atomic mass is 10.1. The third-order valence-corrected chi connectivity index (χ3v) is 5.14. The average molecular weight is 446 g/mol. The van der Waals surface area contributed by atoms with Crippen LogP contribution < -0.4 is 15.2 Å². The van der Waals surface area contributed by atoms with E-state index in [2.05, 4.69) is 5.10 Å². The van der Waals surface area contributed by atoms with Crippen LogP contribution in [0.15, 0.2) is 42.6 Å². The third kappa shape index (κ3) is 5.14. The Morgan fingerprint density at radius 3 is 2.56 bits per heavy atom. The molecule has 0 spiro atoms. The van der Waals surface area contributed by atoms with E-state index in [0.29, 0.717) is 60.0 Å². The minimum atomic E-state index is -2.98. The van der Waals surface area contributed by atoms with Crippen LogP contribution in [0.25, 0.3) is 10.9 Å². The van der Waals surface area contributed by atoms with E-state index < -0.39 is 18.4 Å². The summed E-state index contributed by atoms with van der Waals surface area (Å²) in [5, 5.41) is 4.89. The predicted octanol–water partition coefficient (Wildman–Crippen LogP) is 2.81. The van der Waals surface area contributed by atoms with E-state index in [1.807, 2.05) is 0 Å². The number of benzene rings is 2. The molecule has 2 heterocycles. The number of carbonyl (C=O) groups is 1. The number of ether oxygens (including phenoxy) is 3. The largest absolute Gasteiger partial charge is 0.487 e. The Hall–Kier alpha value is -3.24. The predicted molar refractivity (Wildman–Crippen MR) is 113 cm³/mol. The number of rotatable bonds is 8. The highest BCUT2D eigenvalue weighted by Gasteiger charge is 2.33. The van der Waals surface area contributed by atoms with Crippen molar-refractivity contribution in [2.24, 2.45) is 12.8 Å². The topological polar surface area (TPSA) is 91.8 Å². The van der Waals surface area contributed by atoms with Crippen molar-refractivity contribution >= 4 is 16.8 Å². The molecule has 0 bridgehead atoms. The fourth-order valence-electron chi connectivity index (χ4n) is 3.55. The number of carbonyl (C=O) groups excluding carboxylic acids is 1. The number of fused-ring (bicyclic) bond motifs is 1. The number of aryl methyl sites for hydroxylation is 1. The molecule has 10 heteroatoms. The number of hydrogen-bond donors (Lipinski definition) is 1. The minimum Gasteiger partial charge on any atom is -0.487 e. The van der Waals surface area contributed by atoms with Crippen molar-refractivity contribution in [3.05, 3.63) is 48.2 Å². The summed E-state index contributed by atoms with van der Waals surface area (Å²) in [6.07, 6.45) is 1.61. The third-order valence-electron chi connectivity index (χ3n) is 5.14. The van der Waals surface area contributed by atoms with Gasteiger partial charge in [0.1, 0.15) is 17.0 Å². The van der Waals surface area contributed by atoms with Crippen molar-refractivity contribution < 1.29 is 27.8 Å². The van der Waals surface area contributed by atoms with Gasteiger partial charge in [0.2, 0.25) is 5.91 Å². The molecule has 1 amide bonds. The monoisotopic (exact) mass is 446 g/mol. The summed E-state index contributed by atoms with van der Waals surface area (Å²) >= 11 is 0. The lowest BCUT2D eigenvalue weighted by Crippen LogP contribution is -2.45. The zero-order valence-corrected chi connectivity index (χ0v) is 17.6. The molecule has 0 aliphatic carbocycles. The van der Waals surface area contributed by atoms with Crippen LogP contribution in [0.1, 0.15) is 10.4 Å². The summed E-state index contributed by atoms with van der Waals surface area (Å²) in [7, 11) is 1.76. The van der Waals surface area contributed by atoms with Crippen molar-refractivity contribution in [1.29, 1.82) is 0 Å². The average Bonchev–Trinajstić information content (AvgIpc) is 3.15. The van der Waals surface area contributed by atoms with Gasteiger partial charge < -0.3 is 19.9 Å². The summed E-state index contributed by atoms with van der Waals surface area (Å²) < 4.78 is 46.5. The second-order valence-corrected chi connectivity index (χ2v) is 7.65. The highest BCUT2D eigenvalue weighted by Crippen LogP contribution is 2.32. The highest BCUT2D eigenvalue weighted by molar-refractivity contribution is 5.99. The maximum absolute atomic E-state index is 14.2. The lowest BCUT2D eigenvalue weighted by molar-refractivity contribution is -0.0811. The van der Waals surface area contributed by atoms with Gasteiger partial charge in [0.25, 0.3) is 5.92 Å². The van der Waals surface area contributed by atoms with E-state index in [0.717, 1.165) is 0 Å². The van der Waals surface area contributed by atoms with Crippen molar-refractivity contribution in [2.45, 2.75) is 5.92 Å². The number of hydrogen-bond acceptors (Lipinski definition) is 6. The Bertz CT molecular complexity index is 1100. The summed E-state index contributed by atoms with van der Waals surface area (Å²) in [5.74, 6) is -2.41. The van der Waals surface area contributed by atoms with Crippen LogP contribution in [0.5, 0.6) is 17.2 Å². The van der Waals surface area contributed by atoms with Crippen molar-refractivity contribution in [2.75, 3.05) is 39.5 Å². The molecule has 0 atom stereocenters. The van der Waals surface area contributed by atoms with Gasteiger partial charge >= 0.3 is 0 Å². The van der Waals surface area contributed by atoms with Gasteiger partial charge in [-0.2, -0.15) is 5.10 Å². The van der Waals surface area contributed by atoms with E-state index in [4.69, 9.17) is 19.9 Å². The number of alkyl halides is 2. The first kappa shape index (κ1) is 22.0. The smallest absolute Gasteiger partial charge is 0.293 e. The van der Waals surface area contributed by atoms with Gasteiger partial charge in [0, 0.05) is 31.1 Å². The SMILES string of the molecule is Cn1ncc2cc(C(N)=O)cc(Oc3ccc(OCC(F)(F)CN4CCOCC4)cc3)c21. The zero-order chi connectivity index (χ0) is 22.7. The molecule has 170 valence electrons. The first-order valence-electron chi connectivity index (χ1n) is 10.1. The molecule has 1 fully saturated rings. The zero-order valence-electron chi connectivity index (χ0n) is 17.6. The second kappa shape index (κ2) is 9.09. The highest BCUT2D eigenvalue weighted by atomic mass is 19.3. The van der Waals surface area contributed by atoms with Gasteiger partial charge in [-0.15, -0.1) is 0 Å². The van der Waals surface area contributed by atoms with Crippen molar-refractivity contribution in [3.63, 3.8) is 0 Å². The lowest BCUT2D eigenvalue weighted by Gasteiger charge is -2.30. The fraction of sp³-hybridized carbons (Fsp3) is 0.364. The summed E-state index contributed by atoms with van der Waals surface area (Å²) in [4.78, 5) is 13.3. The molecule has 4 rings (SSSR count). The summed E-state index contributed by atoms with van der Waals surface area (Å²) in [6, 6.07) is 9.51. The Morgan fingerprint density at radius 1 is 1.19 bits per heavy atom. The van der Waals surface area contributed by atoms with Crippen molar-refractivity contribution in [1.82, 2.24) is 14.7 Å². The molecule has 32 heavy (non-hydrogen) atoms. The quantitative estimate of drug-likeness (QED) is 0.572. The molecule has 2 N–H and O–H groups in total. The molecular weight excluding hydrogens is 422 g/mol. The number of nitrogens with two attached hydrogens (primary N) is 1. The Balaban J connectivity index is 1.42. The maximum atomic E-state index is 14.2. The molecule has 1 aromatic heterocycles. The first-order chi connectivity index (χ1) is 15.3. The Morgan fingerprint density at radius 2 is 1.88 bits per heavy atom. The van der Waals surface area contributed by atoms with E-state index in [9.17, 15) is 13.6 Å². The molecule has 8 nitrogen and oxygen atoms in total. The molecule has 1 aliphatic heterocycles. The molecule has 0 saturated carbocycles. The van der Waals surface area contributed by atoms with E-state index in [1.165, 1.54) is 0 Å². The Kier molecular flexibility index (Phi) is 6.24. The van der Waals surface area contributed by atoms with Gasteiger partial charge in [-0.25, -0.2) is 8.78 Å². The van der Waals surface area contributed by atoms with Crippen molar-refractivity contribution in [3.8, 4) is 17.2 Å². The van der Waals surface area contributed by atoms with E-state index >= 15 is 0 Å². The van der Waals surface area contributed by atoms with Gasteiger partial charge in [-0.05, 0) is 36.4 Å². The van der Waals surface area contributed by atoms with E-state index in [-0.39, 0.29) is 6.54 Å². The van der Waals surface area contributed by atoms with Crippen LogP contribution in [-0.4, -0.2) is 66.0 Å². The summed E-state index contributed by atoms with van der Waals surface area (Å²) in [6.45, 7) is 0.818. The number of aromatic nitrogens is 2. The number of primary amides is 1. The van der Waals surface area contributed by atoms with E-state index in [1.54, 1.807) is 59.2 Å². The van der Waals surface area contributed by atoms with Gasteiger partial charge in [0.15, 0.2) is 12.4 Å². The van der Waals surface area contributed by atoms with Gasteiger partial charge in [-0.3, -0.25) is 14.4 Å². The van der Waals surface area contributed by atoms with Crippen LogP contribution in [0.3, 0.4) is 0 Å². The molecule has 2 aromatic carbocycles. The van der Waals surface area contributed by atoms with Crippen LogP contribution in [0.2, 0.25) is 0 Å². The van der Waals surface area contributed by atoms with Crippen LogP contribution in [0.4, 0.5) is 8.78 Å². The molecule has 0 radical (unpaired) electrons. The fourth-order valence-corrected chi connectivity index (χ4v) is 3.55. The van der Waals surface area contributed by atoms with Crippen LogP contribution in [0, 0.1) is 0 Å². The summed E-state index contributed by atoms with van der Waals surface area (Å²) in [5.41, 5.74) is 6.40. The molecule has 0 unspecified atom stereocenters. The Labute approximate surface area is 183 Å². The van der Waals surface area contributed by atoms with Gasteiger partial charge in [0.05, 0.1) is 26.0 Å². The normalized spacial score (nSPS) is 15.1. The minimum absolute atomic E-state index is 0.294. The second-order valence-electron chi connectivity index (χ2n) is 7.65. The van der Waals surface area contributed by atoms with Gasteiger partial charge in [-0.1, -0.05) is 0 Å². The first-order valence-corrected chi connectivity index (χ1v) is 10.1. The number of amides is 1. The van der Waals surface area contributed by atoms with Crippen LogP contribution >= 0.6 is 0 Å². The van der Waals surface area contributed by atoms with Crippen LogP contribution in [-0.2, 0) is 11.8 Å². The number of halogens is 2. The molecule has 3 aromatic rings. The number of nitrogens with zero attached hydrogens (tertiary/aromatic N) is 3.